The van der Waals surface area contributed by atoms with Gasteiger partial charge in [-0.3, -0.25) is 9.67 Å². The molecule has 8 nitrogen and oxygen atoms in total. The van der Waals surface area contributed by atoms with Crippen molar-refractivity contribution in [2.45, 2.75) is 26.4 Å². The third-order valence-corrected chi connectivity index (χ3v) is 4.62. The summed E-state index contributed by atoms with van der Waals surface area (Å²) < 4.78 is 1.77. The van der Waals surface area contributed by atoms with Crippen LogP contribution in [-0.2, 0) is 6.54 Å². The van der Waals surface area contributed by atoms with Crippen LogP contribution in [0.25, 0.3) is 11.3 Å². The number of carbonyl (C=O) groups is 1. The van der Waals surface area contributed by atoms with Crippen molar-refractivity contribution in [3.63, 3.8) is 0 Å². The maximum absolute atomic E-state index is 11.5. The van der Waals surface area contributed by atoms with E-state index in [4.69, 9.17) is 0 Å². The number of anilines is 1. The maximum Gasteiger partial charge on any atom is 0.339 e. The molecule has 0 radical (unpaired) electrons. The number of aryl methyl sites for hydroxylation is 1. The molecule has 1 unspecified atom stereocenters. The molecule has 0 aromatic carbocycles. The minimum atomic E-state index is -0.962. The highest BCUT2D eigenvalue weighted by Gasteiger charge is 2.31. The van der Waals surface area contributed by atoms with E-state index < -0.39 is 5.97 Å². The zero-order valence-electron chi connectivity index (χ0n) is 14.5. The van der Waals surface area contributed by atoms with E-state index in [0.717, 1.165) is 17.1 Å². The Morgan fingerprint density at radius 2 is 2.00 bits per heavy atom. The quantitative estimate of drug-likeness (QED) is 0.774. The van der Waals surface area contributed by atoms with Crippen molar-refractivity contribution in [1.82, 2.24) is 24.7 Å². The van der Waals surface area contributed by atoms with Gasteiger partial charge in [0, 0.05) is 30.6 Å². The molecular formula is C18H18N6O2. The second kappa shape index (κ2) is 6.21. The molecule has 0 saturated carbocycles. The number of rotatable bonds is 3. The third kappa shape index (κ3) is 2.69. The summed E-state index contributed by atoms with van der Waals surface area (Å²) >= 11 is 0. The normalized spacial score (nSPS) is 16.4. The van der Waals surface area contributed by atoms with Crippen molar-refractivity contribution in [2.24, 2.45) is 0 Å². The second-order valence-corrected chi connectivity index (χ2v) is 6.24. The standard InChI is InChI=1S/C18H18N6O2/c1-11-17-14(18(25)26)10-20-24(17)8-7-23(11)16-9-15(21-12(2)22-16)13-3-5-19-6-4-13/h3-6,9-11H,7-8H2,1-2H3,(H,25,26). The molecular weight excluding hydrogens is 332 g/mol. The smallest absolute Gasteiger partial charge is 0.339 e. The summed E-state index contributed by atoms with van der Waals surface area (Å²) in [6.45, 7) is 5.14. The Bertz CT molecular complexity index is 969. The highest BCUT2D eigenvalue weighted by atomic mass is 16.4. The number of nitrogens with zero attached hydrogens (tertiary/aromatic N) is 6. The summed E-state index contributed by atoms with van der Waals surface area (Å²) in [6.07, 6.45) is 4.88. The van der Waals surface area contributed by atoms with E-state index in [9.17, 15) is 9.90 Å². The van der Waals surface area contributed by atoms with Crippen molar-refractivity contribution in [3.8, 4) is 11.3 Å². The van der Waals surface area contributed by atoms with Gasteiger partial charge in [0.1, 0.15) is 17.2 Å². The lowest BCUT2D eigenvalue weighted by atomic mass is 10.1. The van der Waals surface area contributed by atoms with Crippen LogP contribution in [-0.4, -0.2) is 42.4 Å². The number of aromatic nitrogens is 5. The summed E-state index contributed by atoms with van der Waals surface area (Å²) in [4.78, 5) is 26.8. The van der Waals surface area contributed by atoms with Gasteiger partial charge in [-0.1, -0.05) is 0 Å². The van der Waals surface area contributed by atoms with Crippen molar-refractivity contribution in [1.29, 1.82) is 0 Å². The number of carboxylic acid groups (broad SMARTS) is 1. The maximum atomic E-state index is 11.5. The molecule has 0 bridgehead atoms. The minimum absolute atomic E-state index is 0.156. The largest absolute Gasteiger partial charge is 0.478 e. The fourth-order valence-electron chi connectivity index (χ4n) is 3.40. The van der Waals surface area contributed by atoms with Gasteiger partial charge in [-0.2, -0.15) is 5.10 Å². The molecule has 4 heterocycles. The van der Waals surface area contributed by atoms with Crippen molar-refractivity contribution in [2.75, 3.05) is 11.4 Å². The van der Waals surface area contributed by atoms with Crippen molar-refractivity contribution >= 4 is 11.8 Å². The van der Waals surface area contributed by atoms with Crippen LogP contribution >= 0.6 is 0 Å². The Labute approximate surface area is 150 Å². The Kier molecular flexibility index (Phi) is 3.87. The topological polar surface area (TPSA) is 97.0 Å². The molecule has 0 fully saturated rings. The molecule has 0 spiro atoms. The predicted molar refractivity (Wildman–Crippen MR) is 94.9 cm³/mol. The highest BCUT2D eigenvalue weighted by molar-refractivity contribution is 5.89. The SMILES string of the molecule is Cc1nc(-c2ccncc2)cc(N2CCn3ncc(C(=O)O)c3C2C)n1. The van der Waals surface area contributed by atoms with E-state index >= 15 is 0 Å². The summed E-state index contributed by atoms with van der Waals surface area (Å²) in [7, 11) is 0. The molecule has 1 atom stereocenters. The molecule has 1 aliphatic heterocycles. The van der Waals surface area contributed by atoms with Gasteiger partial charge < -0.3 is 10.0 Å². The van der Waals surface area contributed by atoms with E-state index in [2.05, 4.69) is 25.0 Å². The highest BCUT2D eigenvalue weighted by Crippen LogP contribution is 2.32. The zero-order valence-corrected chi connectivity index (χ0v) is 14.5. The number of aromatic carboxylic acids is 1. The molecule has 3 aromatic heterocycles. The molecule has 0 saturated heterocycles. The monoisotopic (exact) mass is 350 g/mol. The van der Waals surface area contributed by atoms with E-state index in [1.54, 1.807) is 17.1 Å². The molecule has 26 heavy (non-hydrogen) atoms. The molecule has 4 rings (SSSR count). The molecule has 0 aliphatic carbocycles. The van der Waals surface area contributed by atoms with Gasteiger partial charge in [0.2, 0.25) is 0 Å². The second-order valence-electron chi connectivity index (χ2n) is 6.24. The first-order valence-corrected chi connectivity index (χ1v) is 8.36. The van der Waals surface area contributed by atoms with Gasteiger partial charge in [0.05, 0.1) is 30.2 Å². The first-order chi connectivity index (χ1) is 12.5. The van der Waals surface area contributed by atoms with Gasteiger partial charge in [-0.15, -0.1) is 0 Å². The van der Waals surface area contributed by atoms with Crippen molar-refractivity contribution in [3.05, 3.63) is 53.9 Å². The Balaban J connectivity index is 1.75. The first-order valence-electron chi connectivity index (χ1n) is 8.36. The lowest BCUT2D eigenvalue weighted by molar-refractivity contribution is 0.0694. The Morgan fingerprint density at radius 1 is 1.23 bits per heavy atom. The summed E-state index contributed by atoms with van der Waals surface area (Å²) in [5.74, 6) is 0.482. The van der Waals surface area contributed by atoms with Crippen LogP contribution in [0.3, 0.4) is 0 Å². The van der Waals surface area contributed by atoms with Crippen molar-refractivity contribution < 1.29 is 9.90 Å². The van der Waals surface area contributed by atoms with E-state index in [1.807, 2.05) is 32.0 Å². The predicted octanol–water partition coefficient (Wildman–Crippen LogP) is 2.32. The summed E-state index contributed by atoms with van der Waals surface area (Å²) in [5, 5.41) is 13.6. The molecule has 1 aliphatic rings. The van der Waals surface area contributed by atoms with Crippen LogP contribution < -0.4 is 4.90 Å². The average molecular weight is 350 g/mol. The average Bonchev–Trinajstić information content (AvgIpc) is 3.07. The van der Waals surface area contributed by atoms with Crippen LogP contribution in [0.2, 0.25) is 0 Å². The van der Waals surface area contributed by atoms with Crippen LogP contribution in [0.15, 0.2) is 36.8 Å². The lowest BCUT2D eigenvalue weighted by Crippen LogP contribution is -2.38. The molecule has 0 amide bonds. The molecule has 132 valence electrons. The fraction of sp³-hybridized carbons (Fsp3) is 0.278. The number of pyridine rings is 1. The van der Waals surface area contributed by atoms with Crippen LogP contribution in [0, 0.1) is 6.92 Å². The number of carboxylic acids is 1. The lowest BCUT2D eigenvalue weighted by Gasteiger charge is -2.35. The van der Waals surface area contributed by atoms with Gasteiger partial charge in [-0.05, 0) is 26.0 Å². The van der Waals surface area contributed by atoms with Crippen LogP contribution in [0.4, 0.5) is 5.82 Å². The van der Waals surface area contributed by atoms with Gasteiger partial charge in [0.25, 0.3) is 0 Å². The number of fused-ring (bicyclic) bond motifs is 1. The zero-order chi connectivity index (χ0) is 18.3. The first kappa shape index (κ1) is 16.2. The molecule has 3 aromatic rings. The fourth-order valence-corrected chi connectivity index (χ4v) is 3.40. The third-order valence-electron chi connectivity index (χ3n) is 4.62. The molecule has 1 N–H and O–H groups in total. The van der Waals surface area contributed by atoms with E-state index in [1.165, 1.54) is 6.20 Å². The Morgan fingerprint density at radius 3 is 2.73 bits per heavy atom. The van der Waals surface area contributed by atoms with Gasteiger partial charge in [0.15, 0.2) is 0 Å². The molecule has 8 heteroatoms. The van der Waals surface area contributed by atoms with Crippen LogP contribution in [0.5, 0.6) is 0 Å². The summed E-state index contributed by atoms with van der Waals surface area (Å²) in [5.41, 5.74) is 2.72. The Hall–Kier alpha value is -3.29. The van der Waals surface area contributed by atoms with Gasteiger partial charge in [-0.25, -0.2) is 14.8 Å². The van der Waals surface area contributed by atoms with E-state index in [0.29, 0.717) is 24.6 Å². The minimum Gasteiger partial charge on any atom is -0.478 e. The summed E-state index contributed by atoms with van der Waals surface area (Å²) in [6, 6.07) is 5.59. The van der Waals surface area contributed by atoms with Crippen LogP contribution in [0.1, 0.15) is 34.8 Å². The van der Waals surface area contributed by atoms with E-state index in [-0.39, 0.29) is 11.6 Å². The van der Waals surface area contributed by atoms with Gasteiger partial charge >= 0.3 is 5.97 Å². The number of hydrogen-bond donors (Lipinski definition) is 1. The number of hydrogen-bond acceptors (Lipinski definition) is 6.